The van der Waals surface area contributed by atoms with Gasteiger partial charge in [0.15, 0.2) is 0 Å². The third-order valence-corrected chi connectivity index (χ3v) is 4.97. The van der Waals surface area contributed by atoms with Crippen molar-refractivity contribution >= 4 is 15.9 Å². The molecule has 1 fully saturated rings. The van der Waals surface area contributed by atoms with E-state index < -0.39 is 27.8 Å². The second kappa shape index (κ2) is 5.86. The molecule has 20 heavy (non-hydrogen) atoms. The van der Waals surface area contributed by atoms with Crippen LogP contribution in [0.1, 0.15) is 0 Å². The van der Waals surface area contributed by atoms with Gasteiger partial charge in [0, 0.05) is 13.6 Å². The van der Waals surface area contributed by atoms with E-state index in [4.69, 9.17) is 4.74 Å². The zero-order valence-electron chi connectivity index (χ0n) is 10.9. The fourth-order valence-electron chi connectivity index (χ4n) is 1.99. The summed E-state index contributed by atoms with van der Waals surface area (Å²) in [5.74, 6) is -0.954. The van der Waals surface area contributed by atoms with E-state index in [0.717, 1.165) is 16.4 Å². The van der Waals surface area contributed by atoms with Gasteiger partial charge in [-0.1, -0.05) is 0 Å². The van der Waals surface area contributed by atoms with Crippen LogP contribution >= 0.6 is 0 Å². The quantitative estimate of drug-likeness (QED) is 0.850. The fraction of sp³-hybridized carbons (Fsp3) is 0.417. The number of rotatable bonds is 3. The topological polar surface area (TPSA) is 75.7 Å². The van der Waals surface area contributed by atoms with Gasteiger partial charge in [0.05, 0.1) is 18.1 Å². The molecular formula is C12H15FN2O4S. The van der Waals surface area contributed by atoms with Gasteiger partial charge in [0.25, 0.3) is 0 Å². The molecule has 1 aromatic carbocycles. The Balaban J connectivity index is 2.35. The Labute approximate surface area is 116 Å². The lowest BCUT2D eigenvalue weighted by Gasteiger charge is -2.33. The van der Waals surface area contributed by atoms with E-state index in [0.29, 0.717) is 0 Å². The number of nitrogens with zero attached hydrogens (tertiary/aromatic N) is 1. The van der Waals surface area contributed by atoms with Crippen molar-refractivity contribution in [1.29, 1.82) is 0 Å². The van der Waals surface area contributed by atoms with Crippen molar-refractivity contribution in [2.75, 3.05) is 26.8 Å². The summed E-state index contributed by atoms with van der Waals surface area (Å²) in [4.78, 5) is 11.7. The Hall–Kier alpha value is -1.51. The number of ether oxygens (including phenoxy) is 1. The van der Waals surface area contributed by atoms with Crippen LogP contribution in [-0.2, 0) is 19.6 Å². The smallest absolute Gasteiger partial charge is 0.243 e. The lowest BCUT2D eigenvalue weighted by atomic mass is 10.2. The molecule has 6 nitrogen and oxygen atoms in total. The van der Waals surface area contributed by atoms with Gasteiger partial charge in [-0.25, -0.2) is 12.8 Å². The minimum Gasteiger partial charge on any atom is -0.378 e. The zero-order chi connectivity index (χ0) is 14.8. The number of sulfonamides is 1. The number of benzene rings is 1. The van der Waals surface area contributed by atoms with Crippen molar-refractivity contribution in [1.82, 2.24) is 9.62 Å². The number of amides is 1. The van der Waals surface area contributed by atoms with Crippen LogP contribution in [0, 0.1) is 5.82 Å². The normalized spacial score (nSPS) is 20.6. The summed E-state index contributed by atoms with van der Waals surface area (Å²) in [5.41, 5.74) is 0. The second-order valence-electron chi connectivity index (χ2n) is 4.27. The summed E-state index contributed by atoms with van der Waals surface area (Å²) in [6.45, 7) is 0.297. The van der Waals surface area contributed by atoms with Crippen molar-refractivity contribution in [3.8, 4) is 0 Å². The highest BCUT2D eigenvalue weighted by Gasteiger charge is 2.37. The predicted octanol–water partition coefficient (Wildman–Crippen LogP) is -0.0388. The van der Waals surface area contributed by atoms with Crippen LogP contribution in [0.5, 0.6) is 0 Å². The zero-order valence-corrected chi connectivity index (χ0v) is 11.7. The molecule has 1 unspecified atom stereocenters. The lowest BCUT2D eigenvalue weighted by Crippen LogP contribution is -2.55. The van der Waals surface area contributed by atoms with Crippen molar-refractivity contribution in [2.45, 2.75) is 10.9 Å². The lowest BCUT2D eigenvalue weighted by molar-refractivity contribution is -0.128. The Kier molecular flexibility index (Phi) is 4.36. The van der Waals surface area contributed by atoms with E-state index in [9.17, 15) is 17.6 Å². The van der Waals surface area contributed by atoms with Gasteiger partial charge in [-0.05, 0) is 24.3 Å². The van der Waals surface area contributed by atoms with Crippen molar-refractivity contribution in [2.24, 2.45) is 0 Å². The average Bonchev–Trinajstić information content (AvgIpc) is 2.47. The molecule has 0 bridgehead atoms. The third-order valence-electron chi connectivity index (χ3n) is 3.05. The van der Waals surface area contributed by atoms with E-state index in [1.54, 1.807) is 0 Å². The minimum atomic E-state index is -3.86. The van der Waals surface area contributed by atoms with Gasteiger partial charge in [-0.3, -0.25) is 4.79 Å². The van der Waals surface area contributed by atoms with Crippen LogP contribution in [-0.4, -0.2) is 51.5 Å². The predicted molar refractivity (Wildman–Crippen MR) is 69.0 cm³/mol. The maximum Gasteiger partial charge on any atom is 0.243 e. The highest BCUT2D eigenvalue weighted by molar-refractivity contribution is 7.89. The molecule has 1 atom stereocenters. The molecule has 0 aromatic heterocycles. The molecule has 1 saturated heterocycles. The van der Waals surface area contributed by atoms with Crippen LogP contribution in [0.3, 0.4) is 0 Å². The molecule has 0 radical (unpaired) electrons. The summed E-state index contributed by atoms with van der Waals surface area (Å²) < 4.78 is 44.1. The molecule has 1 aliphatic heterocycles. The van der Waals surface area contributed by atoms with Gasteiger partial charge in [0.1, 0.15) is 11.9 Å². The van der Waals surface area contributed by atoms with Crippen LogP contribution in [0.4, 0.5) is 4.39 Å². The third kappa shape index (κ3) is 2.82. The first-order valence-corrected chi connectivity index (χ1v) is 7.47. The van der Waals surface area contributed by atoms with Crippen LogP contribution in [0.15, 0.2) is 29.2 Å². The van der Waals surface area contributed by atoms with Gasteiger partial charge in [0.2, 0.25) is 15.9 Å². The van der Waals surface area contributed by atoms with Crippen molar-refractivity contribution in [3.63, 3.8) is 0 Å². The highest BCUT2D eigenvalue weighted by Crippen LogP contribution is 2.21. The van der Waals surface area contributed by atoms with Gasteiger partial charge in [-0.15, -0.1) is 0 Å². The van der Waals surface area contributed by atoms with Gasteiger partial charge in [-0.2, -0.15) is 4.31 Å². The number of carbonyl (C=O) groups is 1. The first-order chi connectivity index (χ1) is 9.46. The molecule has 2 rings (SSSR count). The number of hydrogen-bond donors (Lipinski definition) is 1. The van der Waals surface area contributed by atoms with Crippen LogP contribution in [0.2, 0.25) is 0 Å². The summed E-state index contributed by atoms with van der Waals surface area (Å²) >= 11 is 0. The highest BCUT2D eigenvalue weighted by atomic mass is 32.2. The van der Waals surface area contributed by atoms with E-state index in [1.807, 2.05) is 0 Å². The molecule has 1 N–H and O–H groups in total. The standard InChI is InChI=1S/C12H15FN2O4S/c1-14-12(16)11-8-19-7-6-15(11)20(17,18)10-4-2-9(13)3-5-10/h2-5,11H,6-8H2,1H3,(H,14,16). The number of hydrogen-bond acceptors (Lipinski definition) is 4. The van der Waals surface area contributed by atoms with Gasteiger partial charge < -0.3 is 10.1 Å². The first kappa shape index (κ1) is 14.9. The summed E-state index contributed by atoms with van der Waals surface area (Å²) in [6.07, 6.45) is 0. The molecule has 8 heteroatoms. The molecule has 0 aliphatic carbocycles. The molecule has 0 spiro atoms. The monoisotopic (exact) mass is 302 g/mol. The van der Waals surface area contributed by atoms with Crippen molar-refractivity contribution in [3.05, 3.63) is 30.1 Å². The number of nitrogens with one attached hydrogen (secondary N) is 1. The largest absolute Gasteiger partial charge is 0.378 e. The SMILES string of the molecule is CNC(=O)C1COCCN1S(=O)(=O)c1ccc(F)cc1. The Bertz CT molecular complexity index is 588. The number of halogens is 1. The number of likely N-dealkylation sites (N-methyl/N-ethyl adjacent to an activating group) is 1. The molecule has 1 amide bonds. The molecule has 0 saturated carbocycles. The molecule has 1 aliphatic rings. The first-order valence-electron chi connectivity index (χ1n) is 6.03. The Morgan fingerprint density at radius 3 is 2.65 bits per heavy atom. The minimum absolute atomic E-state index is 0.0000972. The van der Waals surface area contributed by atoms with Crippen molar-refractivity contribution < 1.29 is 22.3 Å². The van der Waals surface area contributed by atoms with E-state index in [1.165, 1.54) is 19.2 Å². The molecule has 1 heterocycles. The summed E-state index contributed by atoms with van der Waals surface area (Å²) in [7, 11) is -2.43. The molecule has 1 aromatic rings. The molecular weight excluding hydrogens is 287 g/mol. The number of morpholine rings is 1. The average molecular weight is 302 g/mol. The Morgan fingerprint density at radius 2 is 2.05 bits per heavy atom. The van der Waals surface area contributed by atoms with E-state index in [-0.39, 0.29) is 24.7 Å². The summed E-state index contributed by atoms with van der Waals surface area (Å²) in [5, 5.41) is 2.41. The second-order valence-corrected chi connectivity index (χ2v) is 6.17. The maximum atomic E-state index is 12.9. The molecule has 110 valence electrons. The van der Waals surface area contributed by atoms with Crippen LogP contribution in [0.25, 0.3) is 0 Å². The van der Waals surface area contributed by atoms with Gasteiger partial charge >= 0.3 is 0 Å². The van der Waals surface area contributed by atoms with E-state index in [2.05, 4.69) is 5.32 Å². The maximum absolute atomic E-state index is 12.9. The summed E-state index contributed by atoms with van der Waals surface area (Å²) in [6, 6.07) is 3.59. The number of carbonyl (C=O) groups excluding carboxylic acids is 1. The Morgan fingerprint density at radius 1 is 1.40 bits per heavy atom. The van der Waals surface area contributed by atoms with Crippen LogP contribution < -0.4 is 5.32 Å². The van der Waals surface area contributed by atoms with E-state index >= 15 is 0 Å². The fourth-order valence-corrected chi connectivity index (χ4v) is 3.55.